The van der Waals surface area contributed by atoms with Crippen molar-refractivity contribution in [2.24, 2.45) is 0 Å². The molecule has 1 saturated heterocycles. The van der Waals surface area contributed by atoms with Crippen LogP contribution in [0.5, 0.6) is 0 Å². The minimum atomic E-state index is -0.212. The minimum absolute atomic E-state index is 0.212. The molecule has 100 valence electrons. The Hall–Kier alpha value is -0.800. The molecule has 0 bridgehead atoms. The summed E-state index contributed by atoms with van der Waals surface area (Å²) in [5, 5.41) is 0. The maximum atomic E-state index is 13.2. The quantitative estimate of drug-likeness (QED) is 0.779. The highest BCUT2D eigenvalue weighted by Crippen LogP contribution is 2.27. The molecule has 0 N–H and O–H groups in total. The average molecular weight is 271 g/mol. The third-order valence-electron chi connectivity index (χ3n) is 3.65. The van der Waals surface area contributed by atoms with E-state index in [0.29, 0.717) is 11.9 Å². The van der Waals surface area contributed by atoms with Crippen LogP contribution < -0.4 is 4.90 Å². The Labute approximate surface area is 113 Å². The van der Waals surface area contributed by atoms with Crippen molar-refractivity contribution >= 4 is 17.3 Å². The van der Waals surface area contributed by atoms with Gasteiger partial charge in [-0.2, -0.15) is 0 Å². The molecule has 0 aromatic heterocycles. The first-order chi connectivity index (χ1) is 8.61. The number of piperidine rings is 1. The van der Waals surface area contributed by atoms with E-state index in [0.717, 1.165) is 24.3 Å². The number of likely N-dealkylation sites (N-methyl/N-ethyl adjacent to an activating group) is 1. The smallest absolute Gasteiger partial charge is 0.123 e. The van der Waals surface area contributed by atoms with Crippen molar-refractivity contribution in [2.45, 2.75) is 24.8 Å². The first-order valence-corrected chi connectivity index (χ1v) is 6.91. The summed E-state index contributed by atoms with van der Waals surface area (Å²) >= 11 is 5.92. The number of rotatable bonds is 3. The molecule has 1 aliphatic rings. The molecule has 0 amide bonds. The van der Waals surface area contributed by atoms with Crippen molar-refractivity contribution in [1.29, 1.82) is 0 Å². The largest absolute Gasteiger partial charge is 0.370 e. The molecule has 1 aromatic rings. The molecule has 0 aliphatic carbocycles. The van der Waals surface area contributed by atoms with Crippen LogP contribution in [-0.2, 0) is 5.88 Å². The molecular weight excluding hydrogens is 251 g/mol. The van der Waals surface area contributed by atoms with E-state index in [1.165, 1.54) is 18.9 Å². The van der Waals surface area contributed by atoms with Gasteiger partial charge in [-0.15, -0.1) is 11.6 Å². The van der Waals surface area contributed by atoms with Gasteiger partial charge in [-0.3, -0.25) is 0 Å². The Morgan fingerprint density at radius 1 is 1.44 bits per heavy atom. The first kappa shape index (κ1) is 13.6. The summed E-state index contributed by atoms with van der Waals surface area (Å²) in [6, 6.07) is 5.48. The van der Waals surface area contributed by atoms with E-state index in [1.54, 1.807) is 6.07 Å². The van der Waals surface area contributed by atoms with E-state index in [1.807, 2.05) is 6.07 Å². The fourth-order valence-corrected chi connectivity index (χ4v) is 2.78. The Kier molecular flexibility index (Phi) is 4.46. The SMILES string of the molecule is CN(C)C1CCCN(c2ccc(F)cc2CCl)C1. The molecule has 4 heteroatoms. The summed E-state index contributed by atoms with van der Waals surface area (Å²) in [5.41, 5.74) is 1.97. The van der Waals surface area contributed by atoms with Crippen LogP contribution in [0.4, 0.5) is 10.1 Å². The van der Waals surface area contributed by atoms with Gasteiger partial charge in [0, 0.05) is 30.7 Å². The summed E-state index contributed by atoms with van der Waals surface area (Å²) < 4.78 is 13.2. The number of halogens is 2. The van der Waals surface area contributed by atoms with Crippen molar-refractivity contribution in [3.05, 3.63) is 29.6 Å². The van der Waals surface area contributed by atoms with Crippen LogP contribution in [0.2, 0.25) is 0 Å². The van der Waals surface area contributed by atoms with Gasteiger partial charge in [0.1, 0.15) is 5.82 Å². The number of benzene rings is 1. The number of anilines is 1. The third-order valence-corrected chi connectivity index (χ3v) is 3.94. The third kappa shape index (κ3) is 2.96. The maximum absolute atomic E-state index is 13.2. The van der Waals surface area contributed by atoms with Crippen LogP contribution in [0.25, 0.3) is 0 Å². The molecule has 1 aromatic carbocycles. The van der Waals surface area contributed by atoms with Crippen molar-refractivity contribution < 1.29 is 4.39 Å². The fraction of sp³-hybridized carbons (Fsp3) is 0.571. The summed E-state index contributed by atoms with van der Waals surface area (Å²) in [6.45, 7) is 2.02. The second-order valence-electron chi connectivity index (χ2n) is 5.11. The molecule has 2 nitrogen and oxygen atoms in total. The Bertz CT molecular complexity index is 409. The number of hydrogen-bond donors (Lipinski definition) is 0. The van der Waals surface area contributed by atoms with Crippen molar-refractivity contribution in [3.8, 4) is 0 Å². The monoisotopic (exact) mass is 270 g/mol. The topological polar surface area (TPSA) is 6.48 Å². The minimum Gasteiger partial charge on any atom is -0.370 e. The van der Waals surface area contributed by atoms with Crippen LogP contribution in [0.15, 0.2) is 18.2 Å². The number of hydrogen-bond acceptors (Lipinski definition) is 2. The lowest BCUT2D eigenvalue weighted by molar-refractivity contribution is 0.258. The fourth-order valence-electron chi connectivity index (χ4n) is 2.56. The summed E-state index contributed by atoms with van der Waals surface area (Å²) in [6.07, 6.45) is 2.39. The molecule has 1 heterocycles. The van der Waals surface area contributed by atoms with E-state index in [9.17, 15) is 4.39 Å². The van der Waals surface area contributed by atoms with Crippen LogP contribution in [0.3, 0.4) is 0 Å². The molecule has 2 rings (SSSR count). The van der Waals surface area contributed by atoms with Crippen LogP contribution in [-0.4, -0.2) is 38.1 Å². The molecule has 1 atom stereocenters. The summed E-state index contributed by atoms with van der Waals surface area (Å²) in [4.78, 5) is 4.58. The zero-order chi connectivity index (χ0) is 13.1. The van der Waals surface area contributed by atoms with Gasteiger partial charge in [0.2, 0.25) is 0 Å². The second-order valence-corrected chi connectivity index (χ2v) is 5.38. The van der Waals surface area contributed by atoms with Gasteiger partial charge in [0.05, 0.1) is 0 Å². The Balaban J connectivity index is 2.20. The van der Waals surface area contributed by atoms with Crippen LogP contribution in [0, 0.1) is 5.82 Å². The van der Waals surface area contributed by atoms with Gasteiger partial charge in [0.25, 0.3) is 0 Å². The lowest BCUT2D eigenvalue weighted by Crippen LogP contribution is -2.45. The standard InChI is InChI=1S/C14H20ClFN2/c1-17(2)13-4-3-7-18(10-13)14-6-5-12(16)8-11(14)9-15/h5-6,8,13H,3-4,7,9-10H2,1-2H3. The predicted molar refractivity (Wildman–Crippen MR) is 74.9 cm³/mol. The molecule has 1 aliphatic heterocycles. The Morgan fingerprint density at radius 2 is 2.22 bits per heavy atom. The van der Waals surface area contributed by atoms with Gasteiger partial charge in [-0.25, -0.2) is 4.39 Å². The number of alkyl halides is 1. The van der Waals surface area contributed by atoms with Gasteiger partial charge in [0.15, 0.2) is 0 Å². The van der Waals surface area contributed by atoms with E-state index in [-0.39, 0.29) is 5.82 Å². The van der Waals surface area contributed by atoms with Crippen molar-refractivity contribution in [1.82, 2.24) is 4.90 Å². The zero-order valence-corrected chi connectivity index (χ0v) is 11.8. The lowest BCUT2D eigenvalue weighted by atomic mass is 10.0. The molecule has 0 spiro atoms. The maximum Gasteiger partial charge on any atom is 0.123 e. The molecular formula is C14H20ClFN2. The molecule has 0 saturated carbocycles. The lowest BCUT2D eigenvalue weighted by Gasteiger charge is -2.38. The average Bonchev–Trinajstić information content (AvgIpc) is 2.38. The van der Waals surface area contributed by atoms with Gasteiger partial charge < -0.3 is 9.80 Å². The van der Waals surface area contributed by atoms with Gasteiger partial charge in [-0.05, 0) is 50.7 Å². The molecule has 1 unspecified atom stereocenters. The van der Waals surface area contributed by atoms with Crippen LogP contribution >= 0.6 is 11.6 Å². The zero-order valence-electron chi connectivity index (χ0n) is 11.0. The van der Waals surface area contributed by atoms with E-state index in [4.69, 9.17) is 11.6 Å². The van der Waals surface area contributed by atoms with E-state index >= 15 is 0 Å². The first-order valence-electron chi connectivity index (χ1n) is 6.37. The van der Waals surface area contributed by atoms with Gasteiger partial charge in [-0.1, -0.05) is 0 Å². The normalized spacial score (nSPS) is 20.5. The van der Waals surface area contributed by atoms with E-state index < -0.39 is 0 Å². The molecule has 1 fully saturated rings. The highest BCUT2D eigenvalue weighted by atomic mass is 35.5. The molecule has 0 radical (unpaired) electrons. The van der Waals surface area contributed by atoms with Gasteiger partial charge >= 0.3 is 0 Å². The number of nitrogens with zero attached hydrogens (tertiary/aromatic N) is 2. The Morgan fingerprint density at radius 3 is 2.89 bits per heavy atom. The van der Waals surface area contributed by atoms with Crippen molar-refractivity contribution in [2.75, 3.05) is 32.1 Å². The summed E-state index contributed by atoms with van der Waals surface area (Å²) in [7, 11) is 4.22. The van der Waals surface area contributed by atoms with Crippen molar-refractivity contribution in [3.63, 3.8) is 0 Å². The summed E-state index contributed by atoms with van der Waals surface area (Å²) in [5.74, 6) is 0.145. The molecule has 18 heavy (non-hydrogen) atoms. The van der Waals surface area contributed by atoms with E-state index in [2.05, 4.69) is 23.9 Å². The predicted octanol–water partition coefficient (Wildman–Crippen LogP) is 3.09. The van der Waals surface area contributed by atoms with Crippen LogP contribution in [0.1, 0.15) is 18.4 Å². The highest BCUT2D eigenvalue weighted by Gasteiger charge is 2.22. The highest BCUT2D eigenvalue weighted by molar-refractivity contribution is 6.17. The second kappa shape index (κ2) is 5.89.